The normalized spacial score (nSPS) is 12.6. The maximum atomic E-state index is 4.76. The smallest absolute Gasteiger partial charge is 0.133 e. The lowest BCUT2D eigenvalue weighted by Crippen LogP contribution is -2.01. The van der Waals surface area contributed by atoms with E-state index in [4.69, 9.17) is 4.98 Å². The second kappa shape index (κ2) is 9.41. The Hall–Kier alpha value is -2.69. The SMILES string of the molecule is CCC(C)c1nc(C(C)C)c2cccnn12.CCc1nc(C(C)C)n2ccccc12. The van der Waals surface area contributed by atoms with Gasteiger partial charge in [-0.3, -0.25) is 0 Å². The van der Waals surface area contributed by atoms with Crippen LogP contribution in [0.5, 0.6) is 0 Å². The average Bonchev–Trinajstić information content (AvgIpc) is 3.33. The molecule has 30 heavy (non-hydrogen) atoms. The predicted molar refractivity (Wildman–Crippen MR) is 124 cm³/mol. The molecule has 0 aromatic carbocycles. The second-order valence-corrected chi connectivity index (χ2v) is 8.52. The van der Waals surface area contributed by atoms with Gasteiger partial charge < -0.3 is 4.40 Å². The van der Waals surface area contributed by atoms with E-state index in [2.05, 4.69) is 93.4 Å². The lowest BCUT2D eigenvalue weighted by atomic mass is 10.1. The minimum atomic E-state index is 0.442. The number of hydrogen-bond donors (Lipinski definition) is 0. The highest BCUT2D eigenvalue weighted by Gasteiger charge is 2.17. The van der Waals surface area contributed by atoms with Crippen LogP contribution in [0.1, 0.15) is 95.7 Å². The Morgan fingerprint density at radius 3 is 2.20 bits per heavy atom. The van der Waals surface area contributed by atoms with Gasteiger partial charge in [0.25, 0.3) is 0 Å². The molecule has 5 heteroatoms. The summed E-state index contributed by atoms with van der Waals surface area (Å²) in [7, 11) is 0. The first-order chi connectivity index (χ1) is 14.4. The molecule has 0 bridgehead atoms. The van der Waals surface area contributed by atoms with E-state index in [9.17, 15) is 0 Å². The lowest BCUT2D eigenvalue weighted by Gasteiger charge is -2.05. The van der Waals surface area contributed by atoms with Crippen LogP contribution in [-0.2, 0) is 6.42 Å². The molecule has 0 aliphatic carbocycles. The third-order valence-electron chi connectivity index (χ3n) is 5.57. The number of hydrogen-bond acceptors (Lipinski definition) is 3. The Morgan fingerprint density at radius 2 is 1.57 bits per heavy atom. The van der Waals surface area contributed by atoms with Crippen LogP contribution < -0.4 is 0 Å². The van der Waals surface area contributed by atoms with Gasteiger partial charge in [-0.25, -0.2) is 14.5 Å². The van der Waals surface area contributed by atoms with E-state index in [0.717, 1.165) is 35.7 Å². The van der Waals surface area contributed by atoms with Gasteiger partial charge in [-0.2, -0.15) is 5.10 Å². The molecule has 1 unspecified atom stereocenters. The highest BCUT2D eigenvalue weighted by Crippen LogP contribution is 2.25. The summed E-state index contributed by atoms with van der Waals surface area (Å²) >= 11 is 0. The van der Waals surface area contributed by atoms with Crippen LogP contribution in [0.25, 0.3) is 11.0 Å². The average molecular weight is 406 g/mol. The zero-order valence-electron chi connectivity index (χ0n) is 19.4. The van der Waals surface area contributed by atoms with Crippen LogP contribution >= 0.6 is 0 Å². The number of rotatable bonds is 5. The van der Waals surface area contributed by atoms with E-state index in [0.29, 0.717) is 17.8 Å². The van der Waals surface area contributed by atoms with Crippen molar-refractivity contribution < 1.29 is 0 Å². The van der Waals surface area contributed by atoms with Crippen LogP contribution in [0.2, 0.25) is 0 Å². The molecule has 4 aromatic rings. The van der Waals surface area contributed by atoms with Gasteiger partial charge in [-0.1, -0.05) is 54.5 Å². The molecule has 160 valence electrons. The van der Waals surface area contributed by atoms with Crippen molar-refractivity contribution in [2.45, 2.75) is 79.1 Å². The largest absolute Gasteiger partial charge is 0.303 e. The highest BCUT2D eigenvalue weighted by molar-refractivity contribution is 5.54. The van der Waals surface area contributed by atoms with E-state index >= 15 is 0 Å². The van der Waals surface area contributed by atoms with E-state index in [1.54, 1.807) is 0 Å². The zero-order chi connectivity index (χ0) is 21.8. The molecule has 0 saturated carbocycles. The molecule has 0 amide bonds. The van der Waals surface area contributed by atoms with E-state index in [1.807, 2.05) is 16.8 Å². The van der Waals surface area contributed by atoms with Gasteiger partial charge in [0.15, 0.2) is 0 Å². The molecule has 4 aromatic heterocycles. The molecule has 5 nitrogen and oxygen atoms in total. The molecule has 4 heterocycles. The minimum Gasteiger partial charge on any atom is -0.303 e. The van der Waals surface area contributed by atoms with Crippen LogP contribution in [0.3, 0.4) is 0 Å². The number of imidazole rings is 2. The first kappa shape index (κ1) is 22.0. The molecule has 4 rings (SSSR count). The van der Waals surface area contributed by atoms with E-state index in [-0.39, 0.29) is 0 Å². The van der Waals surface area contributed by atoms with Crippen molar-refractivity contribution in [2.75, 3.05) is 0 Å². The molecule has 0 radical (unpaired) electrons. The van der Waals surface area contributed by atoms with Gasteiger partial charge >= 0.3 is 0 Å². The summed E-state index contributed by atoms with van der Waals surface area (Å²) in [6.45, 7) is 15.3. The monoisotopic (exact) mass is 405 g/mol. The summed E-state index contributed by atoms with van der Waals surface area (Å²) in [6.07, 6.45) is 6.01. The first-order valence-corrected chi connectivity index (χ1v) is 11.2. The Bertz CT molecular complexity index is 1100. The second-order valence-electron chi connectivity index (χ2n) is 8.52. The summed E-state index contributed by atoms with van der Waals surface area (Å²) < 4.78 is 4.19. The van der Waals surface area contributed by atoms with E-state index in [1.165, 1.54) is 11.2 Å². The Balaban J connectivity index is 0.000000172. The van der Waals surface area contributed by atoms with Crippen molar-refractivity contribution in [3.63, 3.8) is 0 Å². The molecule has 0 N–H and O–H groups in total. The van der Waals surface area contributed by atoms with Crippen LogP contribution in [-0.4, -0.2) is 24.0 Å². The van der Waals surface area contributed by atoms with Crippen molar-refractivity contribution in [2.24, 2.45) is 0 Å². The predicted octanol–water partition coefficient (Wildman–Crippen LogP) is 6.39. The summed E-state index contributed by atoms with van der Waals surface area (Å²) in [4.78, 5) is 9.43. The van der Waals surface area contributed by atoms with Crippen molar-refractivity contribution in [3.8, 4) is 0 Å². The third kappa shape index (κ3) is 4.25. The molecular weight excluding hydrogens is 370 g/mol. The van der Waals surface area contributed by atoms with Crippen molar-refractivity contribution in [1.29, 1.82) is 0 Å². The minimum absolute atomic E-state index is 0.442. The molecule has 0 aliphatic heterocycles. The third-order valence-corrected chi connectivity index (χ3v) is 5.57. The zero-order valence-corrected chi connectivity index (χ0v) is 19.4. The molecule has 1 atom stereocenters. The fourth-order valence-corrected chi connectivity index (χ4v) is 3.70. The molecular formula is C25H35N5. The number of fused-ring (bicyclic) bond motifs is 2. The molecule has 0 aliphatic rings. The van der Waals surface area contributed by atoms with Gasteiger partial charge in [0.1, 0.15) is 11.6 Å². The van der Waals surface area contributed by atoms with Crippen molar-refractivity contribution >= 4 is 11.0 Å². The number of aromatic nitrogens is 5. The lowest BCUT2D eigenvalue weighted by molar-refractivity contribution is 0.649. The van der Waals surface area contributed by atoms with Crippen LogP contribution in [0, 0.1) is 0 Å². The summed E-state index contributed by atoms with van der Waals surface area (Å²) in [5.74, 6) is 3.62. The first-order valence-electron chi connectivity index (χ1n) is 11.2. The summed E-state index contributed by atoms with van der Waals surface area (Å²) in [6, 6.07) is 10.3. The number of nitrogens with zero attached hydrogens (tertiary/aromatic N) is 5. The van der Waals surface area contributed by atoms with Gasteiger partial charge in [-0.15, -0.1) is 0 Å². The topological polar surface area (TPSA) is 47.5 Å². The summed E-state index contributed by atoms with van der Waals surface area (Å²) in [5, 5.41) is 4.41. The molecule has 0 spiro atoms. The summed E-state index contributed by atoms with van der Waals surface area (Å²) in [5.41, 5.74) is 4.75. The van der Waals surface area contributed by atoms with Gasteiger partial charge in [0.05, 0.1) is 22.4 Å². The van der Waals surface area contributed by atoms with Gasteiger partial charge in [0, 0.05) is 24.2 Å². The Morgan fingerprint density at radius 1 is 0.833 bits per heavy atom. The fraction of sp³-hybridized carbons (Fsp3) is 0.480. The molecule has 0 saturated heterocycles. The maximum absolute atomic E-state index is 4.76. The quantitative estimate of drug-likeness (QED) is 0.387. The number of aryl methyl sites for hydroxylation is 1. The number of pyridine rings is 1. The molecule has 0 fully saturated rings. The van der Waals surface area contributed by atoms with Crippen molar-refractivity contribution in [1.82, 2.24) is 24.0 Å². The highest BCUT2D eigenvalue weighted by atomic mass is 15.3. The van der Waals surface area contributed by atoms with Crippen LogP contribution in [0.15, 0.2) is 42.7 Å². The standard InChI is InChI=1S/C13H19N3.C12H16N2/c1-5-10(4)13-15-12(9(2)3)11-7-6-8-14-16(11)13;1-4-10-11-7-5-6-8-14(11)12(13-10)9(2)3/h6-10H,5H2,1-4H3;5-9H,4H2,1-3H3. The van der Waals surface area contributed by atoms with Gasteiger partial charge in [0.2, 0.25) is 0 Å². The van der Waals surface area contributed by atoms with E-state index < -0.39 is 0 Å². The Labute approximate surface area is 180 Å². The maximum Gasteiger partial charge on any atom is 0.133 e. The van der Waals surface area contributed by atoms with Gasteiger partial charge in [-0.05, 0) is 43.0 Å². The van der Waals surface area contributed by atoms with Crippen molar-refractivity contribution in [3.05, 3.63) is 65.8 Å². The fourth-order valence-electron chi connectivity index (χ4n) is 3.70. The Kier molecular flexibility index (Phi) is 6.91. The van der Waals surface area contributed by atoms with Crippen LogP contribution in [0.4, 0.5) is 0 Å².